The molecule has 0 aliphatic rings. The van der Waals surface area contributed by atoms with Crippen molar-refractivity contribution in [2.45, 2.75) is 0 Å². The summed E-state index contributed by atoms with van der Waals surface area (Å²) in [6.45, 7) is 0. The molecule has 0 radical (unpaired) electrons. The molecule has 0 saturated carbocycles. The van der Waals surface area contributed by atoms with E-state index in [-0.39, 0.29) is 23.3 Å². The number of benzene rings is 2. The Morgan fingerprint density at radius 3 is 1.55 bits per heavy atom. The van der Waals surface area contributed by atoms with Crippen LogP contribution in [0.1, 0.15) is 11.1 Å². The van der Waals surface area contributed by atoms with Gasteiger partial charge in [0.25, 0.3) is 0 Å². The summed E-state index contributed by atoms with van der Waals surface area (Å²) in [5.74, 6) is 1.84. The Hall–Kier alpha value is -3.73. The fourth-order valence-electron chi connectivity index (χ4n) is 2.50. The number of carbonyl (C=O) groups is 2. The highest BCUT2D eigenvalue weighted by atomic mass is 32.2. The quantitative estimate of drug-likeness (QED) is 0.357. The molecule has 2 rings (SSSR count). The highest BCUT2D eigenvalue weighted by Gasteiger charge is 2.06. The zero-order valence-electron chi connectivity index (χ0n) is 18.8. The number of hydrogen-bond donors (Lipinski definition) is 2. The summed E-state index contributed by atoms with van der Waals surface area (Å²) in [6, 6.07) is 10.5. The van der Waals surface area contributed by atoms with Gasteiger partial charge in [0.15, 0.2) is 0 Å². The van der Waals surface area contributed by atoms with Crippen molar-refractivity contribution in [3.8, 4) is 23.0 Å². The van der Waals surface area contributed by atoms with E-state index in [4.69, 9.17) is 18.9 Å². The number of amides is 2. The predicted molar refractivity (Wildman–Crippen MR) is 128 cm³/mol. The summed E-state index contributed by atoms with van der Waals surface area (Å²) in [6.07, 6.45) is 2.94. The molecule has 0 heterocycles. The molecule has 0 aromatic heterocycles. The smallest absolute Gasteiger partial charge is 0.250 e. The molecule has 0 bridgehead atoms. The number of thioether (sulfide) groups is 1. The maximum Gasteiger partial charge on any atom is 0.250 e. The average Bonchev–Trinajstić information content (AvgIpc) is 2.84. The van der Waals surface area contributed by atoms with Crippen molar-refractivity contribution >= 4 is 36.0 Å². The summed E-state index contributed by atoms with van der Waals surface area (Å²) in [5, 5.41) is 7.82. The Morgan fingerprint density at radius 2 is 1.18 bits per heavy atom. The van der Waals surface area contributed by atoms with Gasteiger partial charge in [0.2, 0.25) is 11.8 Å². The molecule has 10 nitrogen and oxygen atoms in total. The number of hydrazone groups is 2. The van der Waals surface area contributed by atoms with E-state index in [1.165, 1.54) is 26.6 Å². The first-order valence-electron chi connectivity index (χ1n) is 9.66. The number of methoxy groups -OCH3 is 4. The summed E-state index contributed by atoms with van der Waals surface area (Å²) in [7, 11) is 6.18. The Kier molecular flexibility index (Phi) is 10.5. The second kappa shape index (κ2) is 13.6. The molecule has 0 saturated heterocycles. The number of carbonyl (C=O) groups excluding carboxylic acids is 2. The van der Waals surface area contributed by atoms with Crippen LogP contribution in [0.25, 0.3) is 0 Å². The van der Waals surface area contributed by atoms with Crippen LogP contribution >= 0.6 is 11.8 Å². The topological polar surface area (TPSA) is 120 Å². The van der Waals surface area contributed by atoms with Gasteiger partial charge >= 0.3 is 0 Å². The van der Waals surface area contributed by atoms with Crippen LogP contribution in [0.5, 0.6) is 23.0 Å². The summed E-state index contributed by atoms with van der Waals surface area (Å²) in [5.41, 5.74) is 6.17. The third-order valence-corrected chi connectivity index (χ3v) is 5.07. The highest BCUT2D eigenvalue weighted by molar-refractivity contribution is 8.00. The predicted octanol–water partition coefficient (Wildman–Crippen LogP) is 2.05. The minimum absolute atomic E-state index is 0.0561. The van der Waals surface area contributed by atoms with Crippen molar-refractivity contribution in [1.29, 1.82) is 0 Å². The van der Waals surface area contributed by atoms with Crippen LogP contribution < -0.4 is 29.8 Å². The van der Waals surface area contributed by atoms with Gasteiger partial charge in [0.05, 0.1) is 52.4 Å². The minimum atomic E-state index is -0.344. The molecule has 0 unspecified atom stereocenters. The van der Waals surface area contributed by atoms with Crippen LogP contribution in [0.2, 0.25) is 0 Å². The molecule has 0 aliphatic carbocycles. The fraction of sp³-hybridized carbons (Fsp3) is 0.273. The lowest BCUT2D eigenvalue weighted by Gasteiger charge is -2.07. The second-order valence-electron chi connectivity index (χ2n) is 6.29. The van der Waals surface area contributed by atoms with Gasteiger partial charge in [-0.3, -0.25) is 9.59 Å². The standard InChI is InChI=1S/C22H26N4O6S/c1-29-17-7-5-15(19(9-17)31-3)11-23-25-21(27)13-33-14-22(28)26-24-12-16-6-8-18(30-2)10-20(16)32-4/h5-12H,13-14H2,1-4H3,(H,25,27)(H,26,28). The van der Waals surface area contributed by atoms with Crippen molar-refractivity contribution in [3.63, 3.8) is 0 Å². The summed E-state index contributed by atoms with van der Waals surface area (Å²) >= 11 is 1.13. The first-order valence-corrected chi connectivity index (χ1v) is 10.8. The van der Waals surface area contributed by atoms with Crippen molar-refractivity contribution in [2.24, 2.45) is 10.2 Å². The first kappa shape index (κ1) is 25.5. The maximum atomic E-state index is 11.9. The van der Waals surface area contributed by atoms with Crippen LogP contribution in [0.4, 0.5) is 0 Å². The minimum Gasteiger partial charge on any atom is -0.497 e. The largest absolute Gasteiger partial charge is 0.497 e. The first-order chi connectivity index (χ1) is 16.0. The van der Waals surface area contributed by atoms with Gasteiger partial charge in [-0.1, -0.05) is 0 Å². The second-order valence-corrected chi connectivity index (χ2v) is 7.28. The van der Waals surface area contributed by atoms with E-state index in [9.17, 15) is 9.59 Å². The van der Waals surface area contributed by atoms with Gasteiger partial charge in [-0.05, 0) is 24.3 Å². The van der Waals surface area contributed by atoms with Crippen molar-refractivity contribution in [1.82, 2.24) is 10.9 Å². The van der Waals surface area contributed by atoms with E-state index in [1.54, 1.807) is 50.6 Å². The molecule has 0 aliphatic heterocycles. The summed E-state index contributed by atoms with van der Waals surface area (Å²) < 4.78 is 20.8. The van der Waals surface area contributed by atoms with E-state index in [0.717, 1.165) is 11.8 Å². The highest BCUT2D eigenvalue weighted by Crippen LogP contribution is 2.23. The molecule has 0 fully saturated rings. The molecule has 2 amide bonds. The molecule has 11 heteroatoms. The van der Waals surface area contributed by atoms with Gasteiger partial charge < -0.3 is 18.9 Å². The van der Waals surface area contributed by atoms with Gasteiger partial charge in [-0.15, -0.1) is 11.8 Å². The molecule has 0 atom stereocenters. The zero-order chi connectivity index (χ0) is 24.1. The number of ether oxygens (including phenoxy) is 4. The van der Waals surface area contributed by atoms with Gasteiger partial charge in [-0.2, -0.15) is 10.2 Å². The molecule has 2 aromatic carbocycles. The molecule has 33 heavy (non-hydrogen) atoms. The molecule has 2 aromatic rings. The zero-order valence-corrected chi connectivity index (χ0v) is 19.6. The van der Waals surface area contributed by atoms with Crippen molar-refractivity contribution in [2.75, 3.05) is 39.9 Å². The molecule has 0 spiro atoms. The Balaban J connectivity index is 1.73. The Bertz CT molecular complexity index is 933. The molecule has 2 N–H and O–H groups in total. The van der Waals surface area contributed by atoms with E-state index >= 15 is 0 Å². The molecular formula is C22H26N4O6S. The van der Waals surface area contributed by atoms with Crippen LogP contribution in [0, 0.1) is 0 Å². The normalized spacial score (nSPS) is 10.8. The summed E-state index contributed by atoms with van der Waals surface area (Å²) in [4.78, 5) is 23.8. The lowest BCUT2D eigenvalue weighted by Crippen LogP contribution is -2.23. The number of nitrogens with zero attached hydrogens (tertiary/aromatic N) is 2. The average molecular weight is 475 g/mol. The lowest BCUT2D eigenvalue weighted by molar-refractivity contribution is -0.118. The SMILES string of the molecule is COc1ccc(C=NNC(=O)CSCC(=O)NN=Cc2ccc(OC)cc2OC)c(OC)c1. The van der Waals surface area contributed by atoms with Crippen LogP contribution in [-0.4, -0.2) is 64.2 Å². The van der Waals surface area contributed by atoms with Crippen molar-refractivity contribution < 1.29 is 28.5 Å². The van der Waals surface area contributed by atoms with Crippen LogP contribution in [-0.2, 0) is 9.59 Å². The third-order valence-electron chi connectivity index (χ3n) is 4.13. The molecular weight excluding hydrogens is 448 g/mol. The Morgan fingerprint density at radius 1 is 0.758 bits per heavy atom. The Labute approximate surface area is 196 Å². The number of hydrogen-bond acceptors (Lipinski definition) is 9. The maximum absolute atomic E-state index is 11.9. The van der Waals surface area contributed by atoms with E-state index in [2.05, 4.69) is 21.1 Å². The van der Waals surface area contributed by atoms with Crippen LogP contribution in [0.15, 0.2) is 46.6 Å². The molecule has 176 valence electrons. The monoisotopic (exact) mass is 474 g/mol. The van der Waals surface area contributed by atoms with E-state index in [1.807, 2.05) is 0 Å². The van der Waals surface area contributed by atoms with E-state index in [0.29, 0.717) is 34.1 Å². The van der Waals surface area contributed by atoms with E-state index < -0.39 is 0 Å². The fourth-order valence-corrected chi connectivity index (χ4v) is 3.10. The van der Waals surface area contributed by atoms with Gasteiger partial charge in [-0.25, -0.2) is 10.9 Å². The van der Waals surface area contributed by atoms with Crippen molar-refractivity contribution in [3.05, 3.63) is 47.5 Å². The third kappa shape index (κ3) is 8.37. The van der Waals surface area contributed by atoms with Gasteiger partial charge in [0, 0.05) is 23.3 Å². The lowest BCUT2D eigenvalue weighted by atomic mass is 10.2. The number of rotatable bonds is 12. The number of nitrogens with one attached hydrogen (secondary N) is 2. The van der Waals surface area contributed by atoms with Gasteiger partial charge in [0.1, 0.15) is 23.0 Å². The van der Waals surface area contributed by atoms with Crippen LogP contribution in [0.3, 0.4) is 0 Å².